The van der Waals surface area contributed by atoms with E-state index < -0.39 is 14.8 Å². The Morgan fingerprint density at radius 2 is 1.95 bits per heavy atom. The van der Waals surface area contributed by atoms with Crippen LogP contribution < -0.4 is 5.43 Å². The van der Waals surface area contributed by atoms with Crippen molar-refractivity contribution in [1.29, 1.82) is 0 Å². The number of sulfone groups is 1. The molecule has 0 amide bonds. The summed E-state index contributed by atoms with van der Waals surface area (Å²) in [6, 6.07) is 5.80. The minimum atomic E-state index is -3.26. The normalized spacial score (nSPS) is 16.5. The molecule has 1 heterocycles. The van der Waals surface area contributed by atoms with Crippen LogP contribution in [0.4, 0.5) is 5.69 Å². The molecule has 19 heavy (non-hydrogen) atoms. The van der Waals surface area contributed by atoms with Crippen LogP contribution in [0.1, 0.15) is 5.56 Å². The van der Waals surface area contributed by atoms with E-state index in [9.17, 15) is 18.5 Å². The van der Waals surface area contributed by atoms with Gasteiger partial charge in [0.1, 0.15) is 0 Å². The minimum absolute atomic E-state index is 0.00219. The summed E-state index contributed by atoms with van der Waals surface area (Å²) in [6.07, 6.45) is 2.83. The molecule has 7 nitrogen and oxygen atoms in total. The zero-order valence-corrected chi connectivity index (χ0v) is 10.4. The number of hydrogen-bond acceptors (Lipinski definition) is 6. The molecule has 0 saturated carbocycles. The molecular weight excluding hydrogens is 270 g/mol. The number of non-ortho nitro benzene ring substituents is 1. The molecule has 0 bridgehead atoms. The Labute approximate surface area is 109 Å². The highest BCUT2D eigenvalue weighted by Gasteiger charge is 2.09. The maximum Gasteiger partial charge on any atom is 0.269 e. The van der Waals surface area contributed by atoms with Crippen molar-refractivity contribution in [3.05, 3.63) is 62.5 Å². The SMILES string of the molecule is O=[N+]([O-])c1ccc(/C=N\NC2=CS(=O)(=O)C=C2)cc1. The molecular formula is C11H9N3O4S. The van der Waals surface area contributed by atoms with Crippen LogP contribution >= 0.6 is 0 Å². The molecule has 0 radical (unpaired) electrons. The van der Waals surface area contributed by atoms with Crippen LogP contribution in [0, 0.1) is 10.1 Å². The van der Waals surface area contributed by atoms with E-state index in [1.54, 1.807) is 12.1 Å². The third-order valence-corrected chi connectivity index (χ3v) is 3.34. The third-order valence-electron chi connectivity index (χ3n) is 2.24. The van der Waals surface area contributed by atoms with Gasteiger partial charge in [0.15, 0.2) is 9.84 Å². The maximum absolute atomic E-state index is 11.1. The molecule has 1 aromatic carbocycles. The number of nitrogens with zero attached hydrogens (tertiary/aromatic N) is 2. The van der Waals surface area contributed by atoms with E-state index in [4.69, 9.17) is 0 Å². The van der Waals surface area contributed by atoms with Crippen LogP contribution in [0.3, 0.4) is 0 Å². The summed E-state index contributed by atoms with van der Waals surface area (Å²) < 4.78 is 22.1. The molecule has 0 saturated heterocycles. The van der Waals surface area contributed by atoms with Crippen molar-refractivity contribution < 1.29 is 13.3 Å². The Morgan fingerprint density at radius 1 is 1.26 bits per heavy atom. The molecule has 8 heteroatoms. The van der Waals surface area contributed by atoms with Crippen LogP contribution in [0.15, 0.2) is 52.0 Å². The molecule has 1 aliphatic rings. The number of nitro benzene ring substituents is 1. The lowest BCUT2D eigenvalue weighted by Gasteiger charge is -1.96. The third kappa shape index (κ3) is 3.49. The van der Waals surface area contributed by atoms with Gasteiger partial charge in [-0.15, -0.1) is 0 Å². The molecule has 0 fully saturated rings. The Kier molecular flexibility index (Phi) is 3.43. The topological polar surface area (TPSA) is 102 Å². The van der Waals surface area contributed by atoms with Gasteiger partial charge in [-0.1, -0.05) is 0 Å². The maximum atomic E-state index is 11.1. The lowest BCUT2D eigenvalue weighted by Crippen LogP contribution is -2.02. The number of benzene rings is 1. The van der Waals surface area contributed by atoms with Crippen LogP contribution in [-0.4, -0.2) is 19.6 Å². The smallest absolute Gasteiger partial charge is 0.269 e. The molecule has 1 aromatic rings. The van der Waals surface area contributed by atoms with Crippen molar-refractivity contribution in [2.24, 2.45) is 5.10 Å². The Balaban J connectivity index is 2.00. The second-order valence-electron chi connectivity index (χ2n) is 3.68. The van der Waals surface area contributed by atoms with E-state index in [1.165, 1.54) is 24.4 Å². The van der Waals surface area contributed by atoms with Crippen molar-refractivity contribution in [2.75, 3.05) is 0 Å². The summed E-state index contributed by atoms with van der Waals surface area (Å²) in [4.78, 5) is 9.96. The van der Waals surface area contributed by atoms with Gasteiger partial charge < -0.3 is 0 Å². The fourth-order valence-electron chi connectivity index (χ4n) is 1.35. The number of hydrogen-bond donors (Lipinski definition) is 1. The summed E-state index contributed by atoms with van der Waals surface area (Å²) in [5.74, 6) is 0. The van der Waals surface area contributed by atoms with Crippen molar-refractivity contribution in [1.82, 2.24) is 5.43 Å². The fraction of sp³-hybridized carbons (Fsp3) is 0. The van der Waals surface area contributed by atoms with Crippen molar-refractivity contribution in [2.45, 2.75) is 0 Å². The molecule has 1 N–H and O–H groups in total. The average Bonchev–Trinajstić information content (AvgIpc) is 2.69. The standard InChI is InChI=1S/C11H9N3O4S/c15-14(16)11-3-1-9(2-4-11)7-12-13-10-5-6-19(17,18)8-10/h1-8,13H/b12-7-. The highest BCUT2D eigenvalue weighted by Crippen LogP contribution is 2.11. The van der Waals surface area contributed by atoms with Crippen LogP contribution in [-0.2, 0) is 9.84 Å². The Morgan fingerprint density at radius 3 is 2.47 bits per heavy atom. The Bertz CT molecular complexity index is 687. The van der Waals surface area contributed by atoms with Gasteiger partial charge in [-0.2, -0.15) is 5.10 Å². The minimum Gasteiger partial charge on any atom is -0.278 e. The summed E-state index contributed by atoms with van der Waals surface area (Å²) in [5, 5.41) is 16.4. The lowest BCUT2D eigenvalue weighted by atomic mass is 10.2. The van der Waals surface area contributed by atoms with Gasteiger partial charge in [0.2, 0.25) is 0 Å². The molecule has 98 valence electrons. The molecule has 2 rings (SSSR count). The van der Waals surface area contributed by atoms with Gasteiger partial charge in [-0.05, 0) is 23.8 Å². The van der Waals surface area contributed by atoms with E-state index in [0.29, 0.717) is 11.3 Å². The van der Waals surface area contributed by atoms with Gasteiger partial charge in [0, 0.05) is 17.5 Å². The molecule has 0 spiro atoms. The number of nitrogens with one attached hydrogen (secondary N) is 1. The number of nitro groups is 1. The molecule has 0 unspecified atom stereocenters. The number of hydrazone groups is 1. The number of allylic oxidation sites excluding steroid dienone is 1. The molecule has 1 aliphatic heterocycles. The predicted molar refractivity (Wildman–Crippen MR) is 70.0 cm³/mol. The molecule has 0 aliphatic carbocycles. The average molecular weight is 279 g/mol. The first-order valence-electron chi connectivity index (χ1n) is 5.15. The van der Waals surface area contributed by atoms with Crippen molar-refractivity contribution >= 4 is 21.7 Å². The molecule has 0 aromatic heterocycles. The van der Waals surface area contributed by atoms with E-state index in [-0.39, 0.29) is 5.69 Å². The van der Waals surface area contributed by atoms with Crippen molar-refractivity contribution in [3.63, 3.8) is 0 Å². The first kappa shape index (κ1) is 13.0. The van der Waals surface area contributed by atoms with Crippen LogP contribution in [0.2, 0.25) is 0 Å². The van der Waals surface area contributed by atoms with Gasteiger partial charge in [-0.3, -0.25) is 15.5 Å². The van der Waals surface area contributed by atoms with Crippen LogP contribution in [0.25, 0.3) is 0 Å². The second kappa shape index (κ2) is 5.02. The fourth-order valence-corrected chi connectivity index (χ4v) is 2.25. The monoisotopic (exact) mass is 279 g/mol. The lowest BCUT2D eigenvalue weighted by molar-refractivity contribution is -0.384. The summed E-state index contributed by atoms with van der Waals surface area (Å²) in [6.45, 7) is 0. The highest BCUT2D eigenvalue weighted by atomic mass is 32.2. The predicted octanol–water partition coefficient (Wildman–Crippen LogP) is 1.30. The van der Waals surface area contributed by atoms with Gasteiger partial charge in [0.25, 0.3) is 5.69 Å². The van der Waals surface area contributed by atoms with E-state index in [1.807, 2.05) is 0 Å². The first-order valence-corrected chi connectivity index (χ1v) is 6.76. The highest BCUT2D eigenvalue weighted by molar-refractivity contribution is 7.97. The number of rotatable bonds is 4. The van der Waals surface area contributed by atoms with E-state index in [2.05, 4.69) is 10.5 Å². The summed E-state index contributed by atoms with van der Waals surface area (Å²) >= 11 is 0. The van der Waals surface area contributed by atoms with E-state index in [0.717, 1.165) is 10.8 Å². The van der Waals surface area contributed by atoms with E-state index >= 15 is 0 Å². The van der Waals surface area contributed by atoms with Crippen LogP contribution in [0.5, 0.6) is 0 Å². The zero-order chi connectivity index (χ0) is 13.9. The Hall–Kier alpha value is -2.48. The van der Waals surface area contributed by atoms with Gasteiger partial charge >= 0.3 is 0 Å². The first-order chi connectivity index (χ1) is 8.96. The van der Waals surface area contributed by atoms with Gasteiger partial charge in [0.05, 0.1) is 22.2 Å². The summed E-state index contributed by atoms with van der Waals surface area (Å²) in [5.41, 5.74) is 3.57. The molecule has 0 atom stereocenters. The largest absolute Gasteiger partial charge is 0.278 e. The summed E-state index contributed by atoms with van der Waals surface area (Å²) in [7, 11) is -3.26. The zero-order valence-electron chi connectivity index (χ0n) is 9.55. The quantitative estimate of drug-likeness (QED) is 0.508. The van der Waals surface area contributed by atoms with Gasteiger partial charge in [-0.25, -0.2) is 8.42 Å². The van der Waals surface area contributed by atoms with Crippen molar-refractivity contribution in [3.8, 4) is 0 Å². The second-order valence-corrected chi connectivity index (χ2v) is 5.37.